The third-order valence-electron chi connectivity index (χ3n) is 4.51. The van der Waals surface area contributed by atoms with Crippen LogP contribution >= 0.6 is 0 Å². The molecule has 5 heteroatoms. The van der Waals surface area contributed by atoms with Gasteiger partial charge in [-0.15, -0.1) is 0 Å². The molecule has 0 fully saturated rings. The maximum atomic E-state index is 13.6. The number of nitrogens with zero attached hydrogens (tertiary/aromatic N) is 2. The number of pyridine rings is 1. The normalized spacial score (nSPS) is 20.2. The number of halogens is 1. The van der Waals surface area contributed by atoms with E-state index in [0.717, 1.165) is 51.9 Å². The van der Waals surface area contributed by atoms with Crippen LogP contribution < -0.4 is 0 Å². The van der Waals surface area contributed by atoms with Crippen molar-refractivity contribution >= 4 is 28.4 Å². The molecule has 0 aromatic carbocycles. The molecule has 1 aliphatic carbocycles. The number of aromatic nitrogens is 2. The zero-order valence-electron chi connectivity index (χ0n) is 14.1. The van der Waals surface area contributed by atoms with E-state index in [1.807, 2.05) is 19.2 Å². The summed E-state index contributed by atoms with van der Waals surface area (Å²) >= 11 is 0. The van der Waals surface area contributed by atoms with Crippen molar-refractivity contribution in [2.75, 3.05) is 6.61 Å². The maximum absolute atomic E-state index is 13.6. The fourth-order valence-corrected chi connectivity index (χ4v) is 3.33. The molecule has 4 nitrogen and oxygen atoms in total. The van der Waals surface area contributed by atoms with E-state index in [9.17, 15) is 4.39 Å². The van der Waals surface area contributed by atoms with Crippen molar-refractivity contribution in [1.82, 2.24) is 9.97 Å². The summed E-state index contributed by atoms with van der Waals surface area (Å²) in [4.78, 5) is 11.5. The first-order valence-corrected chi connectivity index (χ1v) is 8.64. The Morgan fingerprint density at radius 1 is 1.32 bits per heavy atom. The van der Waals surface area contributed by atoms with Gasteiger partial charge in [0.05, 0.1) is 6.61 Å². The van der Waals surface area contributed by atoms with Crippen LogP contribution in [0.15, 0.2) is 47.4 Å². The number of alkyl halides is 1. The Bertz CT molecular complexity index is 920. The van der Waals surface area contributed by atoms with E-state index in [1.54, 1.807) is 6.20 Å². The highest BCUT2D eigenvalue weighted by Crippen LogP contribution is 2.35. The maximum Gasteiger partial charge on any atom is 0.193 e. The number of hydrogen-bond acceptors (Lipinski definition) is 3. The fourth-order valence-electron chi connectivity index (χ4n) is 3.33. The standard InChI is InChI=1S/C20H20FN3O/c1-2-25-18-6-4-3-5-15(18)17-12-24-20-16(17)9-14(11-23-20)13-7-8-22-19(21)10-13/h5-9,11-12,19H,2-4,10H2,1H3,(H,23,24). The number of dihydropyridines is 1. The largest absolute Gasteiger partial charge is 0.494 e. The predicted molar refractivity (Wildman–Crippen MR) is 99.0 cm³/mol. The first-order chi connectivity index (χ1) is 12.3. The predicted octanol–water partition coefficient (Wildman–Crippen LogP) is 4.81. The quantitative estimate of drug-likeness (QED) is 0.814. The molecule has 3 heterocycles. The van der Waals surface area contributed by atoms with Gasteiger partial charge in [0.2, 0.25) is 0 Å². The molecule has 0 saturated heterocycles. The van der Waals surface area contributed by atoms with Crippen molar-refractivity contribution in [1.29, 1.82) is 0 Å². The van der Waals surface area contributed by atoms with E-state index in [-0.39, 0.29) is 6.42 Å². The highest BCUT2D eigenvalue weighted by atomic mass is 19.1. The number of aromatic amines is 1. The average Bonchev–Trinajstić information content (AvgIpc) is 3.05. The molecule has 1 atom stereocenters. The minimum atomic E-state index is -1.17. The van der Waals surface area contributed by atoms with Gasteiger partial charge in [-0.3, -0.25) is 4.99 Å². The molecule has 4 rings (SSSR count). The fraction of sp³-hybridized carbons (Fsp3) is 0.300. The SMILES string of the molecule is CCOC1=CCCC=C1c1c[nH]c2ncc(C3=CC=NC(F)C3)cc12. The average molecular weight is 337 g/mol. The summed E-state index contributed by atoms with van der Waals surface area (Å²) in [5.41, 5.74) is 4.84. The summed E-state index contributed by atoms with van der Waals surface area (Å²) in [6.45, 7) is 2.63. The van der Waals surface area contributed by atoms with E-state index in [4.69, 9.17) is 4.74 Å². The number of rotatable bonds is 4. The number of nitrogens with one attached hydrogen (secondary N) is 1. The molecule has 2 aromatic heterocycles. The second-order valence-corrected chi connectivity index (χ2v) is 6.15. The van der Waals surface area contributed by atoms with E-state index in [0.29, 0.717) is 6.61 Å². The van der Waals surface area contributed by atoms with Gasteiger partial charge in [0.25, 0.3) is 0 Å². The third-order valence-corrected chi connectivity index (χ3v) is 4.51. The molecule has 1 unspecified atom stereocenters. The molecule has 1 N–H and O–H groups in total. The third kappa shape index (κ3) is 3.02. The van der Waals surface area contributed by atoms with Crippen LogP contribution in [0.4, 0.5) is 4.39 Å². The highest BCUT2D eigenvalue weighted by molar-refractivity contribution is 5.97. The van der Waals surface area contributed by atoms with Crippen molar-refractivity contribution in [3.63, 3.8) is 0 Å². The zero-order chi connectivity index (χ0) is 17.2. The molecular weight excluding hydrogens is 317 g/mol. The van der Waals surface area contributed by atoms with Gasteiger partial charge in [0.15, 0.2) is 6.30 Å². The summed E-state index contributed by atoms with van der Waals surface area (Å²) in [6.07, 6.45) is 12.6. The van der Waals surface area contributed by atoms with Crippen LogP contribution in [0.25, 0.3) is 22.2 Å². The zero-order valence-corrected chi connectivity index (χ0v) is 14.1. The van der Waals surface area contributed by atoms with Crippen LogP contribution in [0.3, 0.4) is 0 Å². The Morgan fingerprint density at radius 2 is 2.20 bits per heavy atom. The van der Waals surface area contributed by atoms with Crippen LogP contribution in [0.5, 0.6) is 0 Å². The van der Waals surface area contributed by atoms with E-state index in [2.05, 4.69) is 33.2 Å². The Balaban J connectivity index is 1.77. The summed E-state index contributed by atoms with van der Waals surface area (Å²) in [6, 6.07) is 2.07. The Hall–Kier alpha value is -2.69. The van der Waals surface area contributed by atoms with Crippen molar-refractivity contribution < 1.29 is 9.13 Å². The summed E-state index contributed by atoms with van der Waals surface area (Å²) in [5.74, 6) is 0.924. The lowest BCUT2D eigenvalue weighted by Crippen LogP contribution is -2.03. The Labute approximate surface area is 145 Å². The molecule has 2 aromatic rings. The highest BCUT2D eigenvalue weighted by Gasteiger charge is 2.18. The van der Waals surface area contributed by atoms with Gasteiger partial charge in [-0.1, -0.05) is 6.08 Å². The minimum absolute atomic E-state index is 0.288. The smallest absolute Gasteiger partial charge is 0.193 e. The molecule has 25 heavy (non-hydrogen) atoms. The van der Waals surface area contributed by atoms with Gasteiger partial charge >= 0.3 is 0 Å². The topological polar surface area (TPSA) is 50.3 Å². The van der Waals surface area contributed by atoms with E-state index < -0.39 is 6.30 Å². The number of allylic oxidation sites excluding steroid dienone is 4. The van der Waals surface area contributed by atoms with Gasteiger partial charge in [-0.2, -0.15) is 0 Å². The first-order valence-electron chi connectivity index (χ1n) is 8.64. The number of fused-ring (bicyclic) bond motifs is 1. The minimum Gasteiger partial charge on any atom is -0.494 e. The number of aliphatic imine (C=N–C) groups is 1. The van der Waals surface area contributed by atoms with Gasteiger partial charge in [0.1, 0.15) is 11.4 Å². The second kappa shape index (κ2) is 6.67. The van der Waals surface area contributed by atoms with Crippen LogP contribution in [0.1, 0.15) is 37.3 Å². The molecule has 1 aliphatic heterocycles. The van der Waals surface area contributed by atoms with Crippen molar-refractivity contribution in [2.24, 2.45) is 4.99 Å². The van der Waals surface area contributed by atoms with Crippen molar-refractivity contribution in [3.8, 4) is 0 Å². The molecule has 0 bridgehead atoms. The lowest BCUT2D eigenvalue weighted by molar-refractivity contribution is 0.244. The summed E-state index contributed by atoms with van der Waals surface area (Å²) in [7, 11) is 0. The van der Waals surface area contributed by atoms with Gasteiger partial charge in [0, 0.05) is 41.6 Å². The first kappa shape index (κ1) is 15.8. The Kier molecular flexibility index (Phi) is 4.22. The van der Waals surface area contributed by atoms with Crippen LogP contribution in [0.2, 0.25) is 0 Å². The number of H-pyrrole nitrogens is 1. The molecule has 128 valence electrons. The van der Waals surface area contributed by atoms with Gasteiger partial charge in [-0.25, -0.2) is 9.37 Å². The number of ether oxygens (including phenoxy) is 1. The lowest BCUT2D eigenvalue weighted by atomic mass is 9.96. The monoisotopic (exact) mass is 337 g/mol. The molecule has 2 aliphatic rings. The molecule has 0 radical (unpaired) electrons. The van der Waals surface area contributed by atoms with E-state index >= 15 is 0 Å². The number of hydrogen-bond donors (Lipinski definition) is 1. The van der Waals surface area contributed by atoms with E-state index in [1.165, 1.54) is 6.21 Å². The summed E-state index contributed by atoms with van der Waals surface area (Å²) < 4.78 is 19.4. The van der Waals surface area contributed by atoms with Crippen LogP contribution in [0, 0.1) is 0 Å². The van der Waals surface area contributed by atoms with Crippen molar-refractivity contribution in [2.45, 2.75) is 32.5 Å². The van der Waals surface area contributed by atoms with Gasteiger partial charge in [-0.05, 0) is 49.1 Å². The van der Waals surface area contributed by atoms with Crippen LogP contribution in [-0.2, 0) is 4.74 Å². The molecular formula is C20H20FN3O. The van der Waals surface area contributed by atoms with Gasteiger partial charge < -0.3 is 9.72 Å². The molecule has 0 amide bonds. The lowest BCUT2D eigenvalue weighted by Gasteiger charge is -2.16. The summed E-state index contributed by atoms with van der Waals surface area (Å²) in [5, 5.41) is 1.02. The molecule has 0 saturated carbocycles. The van der Waals surface area contributed by atoms with Crippen molar-refractivity contribution in [3.05, 3.63) is 53.6 Å². The second-order valence-electron chi connectivity index (χ2n) is 6.15. The van der Waals surface area contributed by atoms with Crippen LogP contribution in [-0.4, -0.2) is 29.1 Å². The Morgan fingerprint density at radius 3 is 3.04 bits per heavy atom. The molecule has 0 spiro atoms.